The normalized spacial score (nSPS) is 16.0. The van der Waals surface area contributed by atoms with Crippen LogP contribution in [0.3, 0.4) is 0 Å². The minimum absolute atomic E-state index is 0.228. The quantitative estimate of drug-likeness (QED) is 0.730. The van der Waals surface area contributed by atoms with E-state index >= 15 is 0 Å². The van der Waals surface area contributed by atoms with E-state index in [1.54, 1.807) is 12.1 Å². The molecule has 0 aliphatic carbocycles. The molecule has 1 N–H and O–H groups in total. The zero-order valence-electron chi connectivity index (χ0n) is 11.5. The van der Waals surface area contributed by atoms with Crippen molar-refractivity contribution in [1.29, 1.82) is 0 Å². The summed E-state index contributed by atoms with van der Waals surface area (Å²) in [6.07, 6.45) is -0.329. The number of halogens is 1. The van der Waals surface area contributed by atoms with Crippen LogP contribution >= 0.6 is 0 Å². The number of para-hydroxylation sites is 1. The van der Waals surface area contributed by atoms with Crippen LogP contribution in [0.2, 0.25) is 0 Å². The number of fused-ring (bicyclic) bond motifs is 3. The highest BCUT2D eigenvalue weighted by Gasteiger charge is 2.27. The number of hydrogen-bond acceptors (Lipinski definition) is 2. The average Bonchev–Trinajstić information content (AvgIpc) is 2.89. The van der Waals surface area contributed by atoms with Crippen LogP contribution in [0.25, 0.3) is 11.3 Å². The fraction of sp³-hybridized carbons (Fsp3) is 0.118. The Morgan fingerprint density at radius 1 is 1.10 bits per heavy atom. The number of anilines is 1. The number of benzene rings is 2. The van der Waals surface area contributed by atoms with Crippen LogP contribution in [-0.2, 0) is 0 Å². The van der Waals surface area contributed by atoms with Gasteiger partial charge in [0, 0.05) is 16.8 Å². The largest absolute Gasteiger partial charge is 0.359 e. The highest BCUT2D eigenvalue weighted by atomic mass is 19.1. The lowest BCUT2D eigenvalue weighted by Gasteiger charge is -2.29. The van der Waals surface area contributed by atoms with Crippen LogP contribution in [0.1, 0.15) is 17.4 Å². The van der Waals surface area contributed by atoms with E-state index in [4.69, 9.17) is 0 Å². The van der Waals surface area contributed by atoms with Crippen molar-refractivity contribution in [2.75, 3.05) is 5.32 Å². The zero-order chi connectivity index (χ0) is 14.4. The SMILES string of the molecule is Cc1cc2n(n1)[C@@H](c1ccccc1F)Nc1ccccc1-2. The Kier molecular flexibility index (Phi) is 2.57. The van der Waals surface area contributed by atoms with Crippen LogP contribution < -0.4 is 5.32 Å². The van der Waals surface area contributed by atoms with Crippen molar-refractivity contribution in [3.8, 4) is 11.3 Å². The minimum Gasteiger partial charge on any atom is -0.359 e. The summed E-state index contributed by atoms with van der Waals surface area (Å²) in [5, 5.41) is 7.92. The minimum atomic E-state index is -0.329. The fourth-order valence-corrected chi connectivity index (χ4v) is 2.86. The van der Waals surface area contributed by atoms with E-state index in [-0.39, 0.29) is 12.0 Å². The molecule has 0 unspecified atom stereocenters. The van der Waals surface area contributed by atoms with E-state index < -0.39 is 0 Å². The number of rotatable bonds is 1. The molecule has 0 amide bonds. The molecule has 4 heteroatoms. The van der Waals surface area contributed by atoms with Gasteiger partial charge in [-0.1, -0.05) is 36.4 Å². The highest BCUT2D eigenvalue weighted by molar-refractivity contribution is 5.78. The number of nitrogens with zero attached hydrogens (tertiary/aromatic N) is 2. The molecule has 2 heterocycles. The lowest BCUT2D eigenvalue weighted by atomic mass is 10.0. The first-order valence-electron chi connectivity index (χ1n) is 6.90. The van der Waals surface area contributed by atoms with Gasteiger partial charge >= 0.3 is 0 Å². The maximum absolute atomic E-state index is 14.2. The van der Waals surface area contributed by atoms with Crippen LogP contribution in [0.15, 0.2) is 54.6 Å². The second-order valence-corrected chi connectivity index (χ2v) is 5.23. The summed E-state index contributed by atoms with van der Waals surface area (Å²) in [6.45, 7) is 1.95. The molecular formula is C17H14FN3. The number of nitrogens with one attached hydrogen (secondary N) is 1. The van der Waals surface area contributed by atoms with Crippen LogP contribution in [0.5, 0.6) is 0 Å². The summed E-state index contributed by atoms with van der Waals surface area (Å²) in [6, 6.07) is 16.9. The van der Waals surface area contributed by atoms with Crippen LogP contribution in [0.4, 0.5) is 10.1 Å². The second kappa shape index (κ2) is 4.45. The van der Waals surface area contributed by atoms with Crippen molar-refractivity contribution in [3.63, 3.8) is 0 Å². The van der Waals surface area contributed by atoms with E-state index in [2.05, 4.69) is 10.4 Å². The Morgan fingerprint density at radius 3 is 2.71 bits per heavy atom. The molecule has 104 valence electrons. The van der Waals surface area contributed by atoms with E-state index in [1.807, 2.05) is 48.0 Å². The first-order valence-corrected chi connectivity index (χ1v) is 6.90. The smallest absolute Gasteiger partial charge is 0.150 e. The Morgan fingerprint density at radius 2 is 1.86 bits per heavy atom. The second-order valence-electron chi connectivity index (χ2n) is 5.23. The Balaban J connectivity index is 1.94. The third kappa shape index (κ3) is 1.83. The molecule has 1 aromatic heterocycles. The predicted octanol–water partition coefficient (Wildman–Crippen LogP) is 3.97. The molecule has 3 aromatic rings. The van der Waals surface area contributed by atoms with Crippen molar-refractivity contribution >= 4 is 5.69 Å². The van der Waals surface area contributed by atoms with Crippen molar-refractivity contribution in [3.05, 3.63) is 71.7 Å². The standard InChI is InChI=1S/C17H14FN3/c1-11-10-16-13-7-3-5-9-15(13)19-17(21(16)20-11)12-6-2-4-8-14(12)18/h2-10,17,19H,1H3/t17-/m0/s1. The molecule has 0 radical (unpaired) electrons. The summed E-state index contributed by atoms with van der Waals surface area (Å²) in [5.74, 6) is -0.228. The van der Waals surface area contributed by atoms with E-state index in [0.717, 1.165) is 22.6 Å². The molecule has 0 fully saturated rings. The molecule has 2 aromatic carbocycles. The molecule has 0 saturated heterocycles. The number of hydrogen-bond donors (Lipinski definition) is 1. The van der Waals surface area contributed by atoms with E-state index in [0.29, 0.717) is 5.56 Å². The number of aromatic nitrogens is 2. The first-order chi connectivity index (χ1) is 10.2. The van der Waals surface area contributed by atoms with Crippen LogP contribution in [0, 0.1) is 12.7 Å². The van der Waals surface area contributed by atoms with Gasteiger partial charge in [0.25, 0.3) is 0 Å². The molecule has 0 saturated carbocycles. The van der Waals surface area contributed by atoms with Gasteiger partial charge in [0.2, 0.25) is 0 Å². The summed E-state index contributed by atoms with van der Waals surface area (Å²) >= 11 is 0. The molecule has 1 aliphatic rings. The van der Waals surface area contributed by atoms with Crippen molar-refractivity contribution < 1.29 is 4.39 Å². The van der Waals surface area contributed by atoms with Crippen molar-refractivity contribution in [2.24, 2.45) is 0 Å². The highest BCUT2D eigenvalue weighted by Crippen LogP contribution is 2.38. The van der Waals surface area contributed by atoms with Crippen molar-refractivity contribution in [1.82, 2.24) is 9.78 Å². The van der Waals surface area contributed by atoms with Gasteiger partial charge in [-0.15, -0.1) is 0 Å². The number of aryl methyl sites for hydroxylation is 1. The molecule has 0 spiro atoms. The fourth-order valence-electron chi connectivity index (χ4n) is 2.86. The topological polar surface area (TPSA) is 29.9 Å². The lowest BCUT2D eigenvalue weighted by molar-refractivity contribution is 0.526. The Hall–Kier alpha value is -2.62. The maximum atomic E-state index is 14.2. The van der Waals surface area contributed by atoms with Gasteiger partial charge in [0.05, 0.1) is 11.4 Å². The summed E-state index contributed by atoms with van der Waals surface area (Å²) < 4.78 is 16.0. The third-order valence-electron chi connectivity index (χ3n) is 3.80. The van der Waals surface area contributed by atoms with Crippen molar-refractivity contribution in [2.45, 2.75) is 13.1 Å². The molecule has 1 aliphatic heterocycles. The molecule has 4 rings (SSSR count). The van der Waals surface area contributed by atoms with E-state index in [9.17, 15) is 4.39 Å². The van der Waals surface area contributed by atoms with Gasteiger partial charge < -0.3 is 5.32 Å². The summed E-state index contributed by atoms with van der Waals surface area (Å²) in [5.41, 5.74) is 4.61. The molecular weight excluding hydrogens is 265 g/mol. The van der Waals surface area contributed by atoms with E-state index in [1.165, 1.54) is 6.07 Å². The third-order valence-corrected chi connectivity index (χ3v) is 3.80. The van der Waals surface area contributed by atoms with Gasteiger partial charge in [0.1, 0.15) is 12.0 Å². The molecule has 0 bridgehead atoms. The first kappa shape index (κ1) is 12.1. The summed E-state index contributed by atoms with van der Waals surface area (Å²) in [4.78, 5) is 0. The Labute approximate surface area is 122 Å². The van der Waals surface area contributed by atoms with Gasteiger partial charge in [-0.2, -0.15) is 5.10 Å². The molecule has 1 atom stereocenters. The van der Waals surface area contributed by atoms with Gasteiger partial charge in [0.15, 0.2) is 0 Å². The van der Waals surface area contributed by atoms with Crippen LogP contribution in [-0.4, -0.2) is 9.78 Å². The molecule has 3 nitrogen and oxygen atoms in total. The molecule has 21 heavy (non-hydrogen) atoms. The lowest BCUT2D eigenvalue weighted by Crippen LogP contribution is -2.26. The summed E-state index contributed by atoms with van der Waals surface area (Å²) in [7, 11) is 0. The zero-order valence-corrected chi connectivity index (χ0v) is 11.5. The maximum Gasteiger partial charge on any atom is 0.150 e. The van der Waals surface area contributed by atoms with Gasteiger partial charge in [-0.05, 0) is 25.1 Å². The Bertz CT molecular complexity index is 822. The van der Waals surface area contributed by atoms with Gasteiger partial charge in [-0.25, -0.2) is 9.07 Å². The van der Waals surface area contributed by atoms with Gasteiger partial charge in [-0.3, -0.25) is 0 Å². The monoisotopic (exact) mass is 279 g/mol. The predicted molar refractivity (Wildman–Crippen MR) is 80.6 cm³/mol. The average molecular weight is 279 g/mol.